The Labute approximate surface area is 151 Å². The summed E-state index contributed by atoms with van der Waals surface area (Å²) in [4.78, 5) is 24.8. The third-order valence-electron chi connectivity index (χ3n) is 3.70. The molecule has 0 bridgehead atoms. The van der Waals surface area contributed by atoms with Crippen molar-refractivity contribution < 1.29 is 9.53 Å². The maximum absolute atomic E-state index is 12.5. The second kappa shape index (κ2) is 8.11. The minimum atomic E-state index is -0.522. The van der Waals surface area contributed by atoms with E-state index in [-0.39, 0.29) is 5.69 Å². The van der Waals surface area contributed by atoms with Gasteiger partial charge >= 0.3 is 0 Å². The Bertz CT molecular complexity index is 938. The molecule has 0 saturated heterocycles. The fraction of sp³-hybridized carbons (Fsp3) is 0.150. The lowest BCUT2D eigenvalue weighted by Gasteiger charge is -2.13. The van der Waals surface area contributed by atoms with Crippen molar-refractivity contribution in [2.75, 3.05) is 6.61 Å². The zero-order valence-electron chi connectivity index (χ0n) is 14.4. The normalized spacial score (nSPS) is 10.3. The predicted molar refractivity (Wildman–Crippen MR) is 98.6 cm³/mol. The van der Waals surface area contributed by atoms with Crippen molar-refractivity contribution in [3.8, 4) is 11.6 Å². The van der Waals surface area contributed by atoms with Crippen LogP contribution < -0.4 is 15.5 Å². The highest BCUT2D eigenvalue weighted by Crippen LogP contribution is 2.15. The van der Waals surface area contributed by atoms with Gasteiger partial charge in [0.1, 0.15) is 0 Å². The lowest BCUT2D eigenvalue weighted by atomic mass is 10.2. The van der Waals surface area contributed by atoms with Crippen molar-refractivity contribution in [3.63, 3.8) is 0 Å². The predicted octanol–water partition coefficient (Wildman–Crippen LogP) is 2.56. The molecule has 1 amide bonds. The number of ether oxygens (including phenoxy) is 1. The third-order valence-corrected chi connectivity index (χ3v) is 3.70. The molecule has 1 aromatic heterocycles. The van der Waals surface area contributed by atoms with Crippen LogP contribution in [0.25, 0.3) is 5.69 Å². The van der Waals surface area contributed by atoms with Crippen LogP contribution >= 0.6 is 0 Å². The Kier molecular flexibility index (Phi) is 5.43. The molecule has 0 fully saturated rings. The Morgan fingerprint density at radius 3 is 2.38 bits per heavy atom. The van der Waals surface area contributed by atoms with Gasteiger partial charge in [-0.25, -0.2) is 4.68 Å². The average Bonchev–Trinajstić information content (AvgIpc) is 2.68. The highest BCUT2D eigenvalue weighted by molar-refractivity contribution is 5.92. The van der Waals surface area contributed by atoms with Gasteiger partial charge in [0, 0.05) is 6.54 Å². The molecule has 0 saturated carbocycles. The summed E-state index contributed by atoms with van der Waals surface area (Å²) in [5.41, 5.74) is 0.989. The Hall–Kier alpha value is -3.41. The van der Waals surface area contributed by atoms with E-state index >= 15 is 0 Å². The van der Waals surface area contributed by atoms with Gasteiger partial charge in [0.25, 0.3) is 5.91 Å². The molecule has 0 atom stereocenters. The molecule has 0 radical (unpaired) electrons. The lowest BCUT2D eigenvalue weighted by Crippen LogP contribution is -2.31. The summed E-state index contributed by atoms with van der Waals surface area (Å²) in [6.07, 6.45) is 0. The molecule has 6 nitrogen and oxygen atoms in total. The number of nitrogens with one attached hydrogen (secondary N) is 1. The van der Waals surface area contributed by atoms with E-state index in [0.717, 1.165) is 5.56 Å². The molecule has 0 spiro atoms. The topological polar surface area (TPSA) is 73.2 Å². The molecule has 26 heavy (non-hydrogen) atoms. The summed E-state index contributed by atoms with van der Waals surface area (Å²) in [7, 11) is 0. The van der Waals surface area contributed by atoms with Crippen molar-refractivity contribution in [1.29, 1.82) is 0 Å². The lowest BCUT2D eigenvalue weighted by molar-refractivity contribution is 0.0942. The zero-order chi connectivity index (χ0) is 18.4. The maximum atomic E-state index is 12.5. The van der Waals surface area contributed by atoms with E-state index in [1.54, 1.807) is 0 Å². The number of amides is 1. The number of benzene rings is 2. The highest BCUT2D eigenvalue weighted by Gasteiger charge is 2.17. The van der Waals surface area contributed by atoms with Gasteiger partial charge in [-0.1, -0.05) is 48.5 Å². The van der Waals surface area contributed by atoms with Gasteiger partial charge in [0.2, 0.25) is 11.3 Å². The second-order valence-corrected chi connectivity index (χ2v) is 5.54. The van der Waals surface area contributed by atoms with Crippen LogP contribution in [0.2, 0.25) is 0 Å². The van der Waals surface area contributed by atoms with Crippen LogP contribution in [0.5, 0.6) is 5.88 Å². The molecule has 0 aliphatic carbocycles. The minimum Gasteiger partial charge on any atom is -0.478 e. The minimum absolute atomic E-state index is 0.173. The summed E-state index contributed by atoms with van der Waals surface area (Å²) < 4.78 is 6.97. The SMILES string of the molecule is CCOc1cc(=O)c(C(=O)NCc2ccccc2)nn1-c1ccccc1. The first-order chi connectivity index (χ1) is 12.7. The standard InChI is InChI=1S/C20H19N3O3/c1-2-26-18-13-17(24)19(22-23(18)16-11-7-4-8-12-16)20(25)21-14-15-9-5-3-6-10-15/h3-13H,2,14H2,1H3,(H,21,25). The number of rotatable bonds is 6. The highest BCUT2D eigenvalue weighted by atomic mass is 16.5. The summed E-state index contributed by atoms with van der Waals surface area (Å²) in [5, 5.41) is 6.97. The van der Waals surface area contributed by atoms with Crippen LogP contribution in [-0.2, 0) is 6.54 Å². The first-order valence-corrected chi connectivity index (χ1v) is 8.33. The number of para-hydroxylation sites is 1. The van der Waals surface area contributed by atoms with Gasteiger partial charge in [-0.15, -0.1) is 0 Å². The number of hydrogen-bond acceptors (Lipinski definition) is 4. The molecule has 3 aromatic rings. The van der Waals surface area contributed by atoms with Gasteiger partial charge < -0.3 is 10.1 Å². The summed E-state index contributed by atoms with van der Waals surface area (Å²) in [5.74, 6) is -0.227. The third kappa shape index (κ3) is 3.97. The molecular formula is C20H19N3O3. The van der Waals surface area contributed by atoms with Gasteiger partial charge in [0.05, 0.1) is 18.4 Å². The molecule has 2 aromatic carbocycles. The number of carbonyl (C=O) groups is 1. The smallest absolute Gasteiger partial charge is 0.276 e. The molecule has 0 aliphatic rings. The van der Waals surface area contributed by atoms with E-state index in [2.05, 4.69) is 10.4 Å². The number of carbonyl (C=O) groups excluding carboxylic acids is 1. The van der Waals surface area contributed by atoms with Crippen LogP contribution in [0.4, 0.5) is 0 Å². The van der Waals surface area contributed by atoms with E-state index in [9.17, 15) is 9.59 Å². The van der Waals surface area contributed by atoms with E-state index in [4.69, 9.17) is 4.74 Å². The zero-order valence-corrected chi connectivity index (χ0v) is 14.4. The molecule has 0 unspecified atom stereocenters. The van der Waals surface area contributed by atoms with E-state index < -0.39 is 11.3 Å². The largest absolute Gasteiger partial charge is 0.478 e. The van der Waals surface area contributed by atoms with Crippen LogP contribution in [-0.4, -0.2) is 22.3 Å². The van der Waals surface area contributed by atoms with Crippen LogP contribution in [0.1, 0.15) is 23.0 Å². The van der Waals surface area contributed by atoms with Gasteiger partial charge in [-0.05, 0) is 24.6 Å². The number of aromatic nitrogens is 2. The second-order valence-electron chi connectivity index (χ2n) is 5.54. The molecule has 3 rings (SSSR count). The Morgan fingerprint density at radius 1 is 1.08 bits per heavy atom. The van der Waals surface area contributed by atoms with Crippen molar-refractivity contribution in [3.05, 3.63) is 88.2 Å². The van der Waals surface area contributed by atoms with Gasteiger partial charge in [-0.2, -0.15) is 5.10 Å². The average molecular weight is 349 g/mol. The van der Waals surface area contributed by atoms with Gasteiger partial charge in [-0.3, -0.25) is 9.59 Å². The first kappa shape index (κ1) is 17.4. The fourth-order valence-corrected chi connectivity index (χ4v) is 2.46. The molecule has 6 heteroatoms. The van der Waals surface area contributed by atoms with Crippen molar-refractivity contribution in [2.24, 2.45) is 0 Å². The quantitative estimate of drug-likeness (QED) is 0.742. The van der Waals surface area contributed by atoms with Crippen LogP contribution in [0, 0.1) is 0 Å². The monoisotopic (exact) mass is 349 g/mol. The molecule has 1 N–H and O–H groups in total. The van der Waals surface area contributed by atoms with Gasteiger partial charge in [0.15, 0.2) is 5.69 Å². The summed E-state index contributed by atoms with van der Waals surface area (Å²) >= 11 is 0. The first-order valence-electron chi connectivity index (χ1n) is 8.33. The number of hydrogen-bond donors (Lipinski definition) is 1. The molecule has 0 aliphatic heterocycles. The van der Waals surface area contributed by atoms with Crippen LogP contribution in [0.3, 0.4) is 0 Å². The molecular weight excluding hydrogens is 330 g/mol. The summed E-state index contributed by atoms with van der Waals surface area (Å²) in [6.45, 7) is 2.52. The fourth-order valence-electron chi connectivity index (χ4n) is 2.46. The number of nitrogens with zero attached hydrogens (tertiary/aromatic N) is 2. The van der Waals surface area contributed by atoms with E-state index in [0.29, 0.717) is 24.7 Å². The maximum Gasteiger partial charge on any atom is 0.276 e. The van der Waals surface area contributed by atoms with E-state index in [1.165, 1.54) is 10.7 Å². The van der Waals surface area contributed by atoms with Crippen molar-refractivity contribution >= 4 is 5.91 Å². The Balaban J connectivity index is 1.91. The van der Waals surface area contributed by atoms with Crippen molar-refractivity contribution in [2.45, 2.75) is 13.5 Å². The van der Waals surface area contributed by atoms with Crippen molar-refractivity contribution in [1.82, 2.24) is 15.1 Å². The van der Waals surface area contributed by atoms with Crippen LogP contribution in [0.15, 0.2) is 71.5 Å². The summed E-state index contributed by atoms with van der Waals surface area (Å²) in [6, 6.07) is 20.0. The van der Waals surface area contributed by atoms with E-state index in [1.807, 2.05) is 67.6 Å². The molecule has 132 valence electrons. The molecule has 1 heterocycles. The Morgan fingerprint density at radius 2 is 1.73 bits per heavy atom.